The number of fused-ring (bicyclic) bond motifs is 1. The molecule has 0 bridgehead atoms. The summed E-state index contributed by atoms with van der Waals surface area (Å²) in [6.45, 7) is 2.29. The molecule has 0 atom stereocenters. The molecular formula is C11H15ISe2. The van der Waals surface area contributed by atoms with Gasteiger partial charge in [-0.05, 0) is 0 Å². The number of rotatable bonds is 4. The quantitative estimate of drug-likeness (QED) is 0.390. The predicted octanol–water partition coefficient (Wildman–Crippen LogP) is 2.38. The monoisotopic (exact) mass is 434 g/mol. The van der Waals surface area contributed by atoms with Crippen LogP contribution in [0.4, 0.5) is 0 Å². The van der Waals surface area contributed by atoms with Gasteiger partial charge < -0.3 is 0 Å². The van der Waals surface area contributed by atoms with E-state index in [1.807, 2.05) is 7.77 Å². The third-order valence-electron chi connectivity index (χ3n) is 2.56. The summed E-state index contributed by atoms with van der Waals surface area (Å²) in [5, 5.41) is 1.49. The van der Waals surface area contributed by atoms with Gasteiger partial charge in [0.1, 0.15) is 0 Å². The van der Waals surface area contributed by atoms with Gasteiger partial charge in [-0.25, -0.2) is 0 Å². The Hall–Kier alpha value is 1.25. The minimum atomic E-state index is 0.788. The zero-order valence-electron chi connectivity index (χ0n) is 8.44. The fraction of sp³-hybridized carbons (Fsp3) is 0.636. The van der Waals surface area contributed by atoms with Gasteiger partial charge in [0.2, 0.25) is 0 Å². The van der Waals surface area contributed by atoms with Gasteiger partial charge in [-0.2, -0.15) is 0 Å². The van der Waals surface area contributed by atoms with Crippen molar-refractivity contribution in [3.8, 4) is 0 Å². The second-order valence-electron chi connectivity index (χ2n) is 3.66. The van der Waals surface area contributed by atoms with Gasteiger partial charge in [-0.15, -0.1) is 0 Å². The maximum absolute atomic E-state index is 2.61. The van der Waals surface area contributed by atoms with Crippen LogP contribution in [0.1, 0.15) is 36.2 Å². The molecule has 0 aromatic carbocycles. The number of halogens is 1. The first-order valence-corrected chi connectivity index (χ1v) is 10.1. The fourth-order valence-electron chi connectivity index (χ4n) is 1.75. The Morgan fingerprint density at radius 2 is 2.21 bits per heavy atom. The SMILES string of the molecule is CCCCCc1[se]c2c(c1I)CC[Se]2. The Kier molecular flexibility index (Phi) is 4.64. The van der Waals surface area contributed by atoms with E-state index in [4.69, 9.17) is 0 Å². The van der Waals surface area contributed by atoms with E-state index < -0.39 is 0 Å². The molecule has 0 N–H and O–H groups in total. The molecular weight excluding hydrogens is 417 g/mol. The van der Waals surface area contributed by atoms with Crippen LogP contribution in [0, 0.1) is 3.57 Å². The first-order valence-electron chi connectivity index (χ1n) is 5.25. The molecule has 1 aromatic heterocycles. The molecule has 2 rings (SSSR count). The zero-order chi connectivity index (χ0) is 9.97. The van der Waals surface area contributed by atoms with E-state index >= 15 is 0 Å². The van der Waals surface area contributed by atoms with Gasteiger partial charge in [0.15, 0.2) is 0 Å². The summed E-state index contributed by atoms with van der Waals surface area (Å²) in [4.78, 5) is 0. The molecule has 0 radical (unpaired) electrons. The van der Waals surface area contributed by atoms with Crippen molar-refractivity contribution >= 4 is 55.4 Å². The molecule has 1 aliphatic rings. The third kappa shape index (κ3) is 2.49. The zero-order valence-corrected chi connectivity index (χ0v) is 14.0. The molecule has 0 amide bonds. The van der Waals surface area contributed by atoms with Crippen LogP contribution in [0.5, 0.6) is 0 Å². The summed E-state index contributed by atoms with van der Waals surface area (Å²) < 4.78 is 5.42. The summed E-state index contributed by atoms with van der Waals surface area (Å²) in [6.07, 6.45) is 7.00. The van der Waals surface area contributed by atoms with Crippen LogP contribution in [-0.2, 0) is 12.8 Å². The molecule has 14 heavy (non-hydrogen) atoms. The van der Waals surface area contributed by atoms with Crippen molar-refractivity contribution in [2.75, 3.05) is 0 Å². The Labute approximate surface area is 112 Å². The van der Waals surface area contributed by atoms with Gasteiger partial charge in [0, 0.05) is 0 Å². The molecule has 0 saturated carbocycles. The van der Waals surface area contributed by atoms with Crippen molar-refractivity contribution in [1.82, 2.24) is 0 Å². The Bertz CT molecular complexity index is 317. The van der Waals surface area contributed by atoms with Crippen LogP contribution in [0.25, 0.3) is 0 Å². The van der Waals surface area contributed by atoms with Crippen molar-refractivity contribution in [3.63, 3.8) is 0 Å². The van der Waals surface area contributed by atoms with Crippen molar-refractivity contribution in [3.05, 3.63) is 13.6 Å². The van der Waals surface area contributed by atoms with Gasteiger partial charge in [0.05, 0.1) is 0 Å². The first kappa shape index (κ1) is 11.7. The minimum absolute atomic E-state index is 0.788. The number of aryl methyl sites for hydroxylation is 1. The van der Waals surface area contributed by atoms with E-state index in [2.05, 4.69) is 29.5 Å². The molecule has 3 heteroatoms. The van der Waals surface area contributed by atoms with Gasteiger partial charge >= 0.3 is 113 Å². The first-order chi connectivity index (χ1) is 6.83. The van der Waals surface area contributed by atoms with E-state index in [0.717, 1.165) is 29.5 Å². The van der Waals surface area contributed by atoms with E-state index in [1.165, 1.54) is 37.4 Å². The molecule has 78 valence electrons. The summed E-state index contributed by atoms with van der Waals surface area (Å²) in [5.74, 6) is 0. The number of hydrogen-bond donors (Lipinski definition) is 0. The summed E-state index contributed by atoms with van der Waals surface area (Å²) in [6, 6.07) is 0. The van der Waals surface area contributed by atoms with Gasteiger partial charge in [-0.1, -0.05) is 0 Å². The normalized spacial score (nSPS) is 14.7. The Morgan fingerprint density at radius 3 is 2.93 bits per heavy atom. The van der Waals surface area contributed by atoms with Crippen LogP contribution < -0.4 is 3.34 Å². The van der Waals surface area contributed by atoms with Crippen molar-refractivity contribution in [2.24, 2.45) is 0 Å². The van der Waals surface area contributed by atoms with Gasteiger partial charge in [-0.3, -0.25) is 0 Å². The molecule has 0 nitrogen and oxygen atoms in total. The average molecular weight is 432 g/mol. The van der Waals surface area contributed by atoms with Crippen LogP contribution in [0.15, 0.2) is 0 Å². The van der Waals surface area contributed by atoms with Crippen molar-refractivity contribution in [1.29, 1.82) is 0 Å². The number of hydrogen-bond acceptors (Lipinski definition) is 0. The molecule has 1 aliphatic heterocycles. The maximum atomic E-state index is 2.61. The van der Waals surface area contributed by atoms with Crippen LogP contribution >= 0.6 is 22.6 Å². The van der Waals surface area contributed by atoms with Gasteiger partial charge in [0.25, 0.3) is 0 Å². The van der Waals surface area contributed by atoms with E-state index in [0.29, 0.717) is 0 Å². The third-order valence-corrected chi connectivity index (χ3v) is 11.1. The predicted molar refractivity (Wildman–Crippen MR) is 73.2 cm³/mol. The molecule has 0 spiro atoms. The van der Waals surface area contributed by atoms with Crippen LogP contribution in [0.2, 0.25) is 5.32 Å². The molecule has 2 heterocycles. The van der Waals surface area contributed by atoms with E-state index in [9.17, 15) is 0 Å². The Balaban J connectivity index is 2.04. The number of unbranched alkanes of at least 4 members (excludes halogenated alkanes) is 2. The summed E-state index contributed by atoms with van der Waals surface area (Å²) >= 11 is 4.29. The molecule has 0 saturated heterocycles. The average Bonchev–Trinajstić information content (AvgIpc) is 2.72. The van der Waals surface area contributed by atoms with E-state index in [-0.39, 0.29) is 0 Å². The fourth-order valence-corrected chi connectivity index (χ4v) is 10.7. The summed E-state index contributed by atoms with van der Waals surface area (Å²) in [7, 11) is 0. The molecule has 0 aliphatic carbocycles. The van der Waals surface area contributed by atoms with Crippen LogP contribution in [0.3, 0.4) is 0 Å². The van der Waals surface area contributed by atoms with Crippen molar-refractivity contribution < 1.29 is 0 Å². The van der Waals surface area contributed by atoms with Crippen molar-refractivity contribution in [2.45, 2.75) is 44.3 Å². The standard InChI is InChI=1S/C11H15ISe2/c1-2-3-4-5-9-10(12)8-6-7-13-11(8)14-9/h2-7H2,1H3. The van der Waals surface area contributed by atoms with Crippen LogP contribution in [-0.4, -0.2) is 29.5 Å². The second-order valence-corrected chi connectivity index (χ2v) is 10.7. The second kappa shape index (κ2) is 5.54. The molecule has 1 aromatic rings. The topological polar surface area (TPSA) is 0 Å². The summed E-state index contributed by atoms with van der Waals surface area (Å²) in [5.41, 5.74) is 1.79. The van der Waals surface area contributed by atoms with E-state index in [1.54, 1.807) is 9.13 Å². The Morgan fingerprint density at radius 1 is 1.36 bits per heavy atom. The molecule has 0 unspecified atom stereocenters. The molecule has 0 fully saturated rings.